The van der Waals surface area contributed by atoms with Crippen LogP contribution in [0.5, 0.6) is 0 Å². The first kappa shape index (κ1) is 20.6. The summed E-state index contributed by atoms with van der Waals surface area (Å²) in [5.41, 5.74) is -0.969. The van der Waals surface area contributed by atoms with Gasteiger partial charge in [0.15, 0.2) is 11.5 Å². The van der Waals surface area contributed by atoms with Crippen molar-refractivity contribution >= 4 is 17.5 Å². The van der Waals surface area contributed by atoms with E-state index in [9.17, 15) is 27.6 Å². The fourth-order valence-electron chi connectivity index (χ4n) is 3.78. The van der Waals surface area contributed by atoms with Crippen LogP contribution < -0.4 is 0 Å². The molecule has 1 aliphatic heterocycles. The van der Waals surface area contributed by atoms with Gasteiger partial charge in [0, 0.05) is 11.1 Å². The van der Waals surface area contributed by atoms with Crippen molar-refractivity contribution in [3.05, 3.63) is 94.0 Å². The Morgan fingerprint density at radius 1 is 0.968 bits per heavy atom. The SMILES string of the molecule is CCOC(=O)C1=C(C(F)(F)F)OC2=C(C(=O)c3ccccc3C2=O)C1c1ccccc1. The molecule has 0 spiro atoms. The number of esters is 1. The number of Topliss-reactive ketones (excluding diaryl/α,β-unsaturated/α-hetero) is 2. The van der Waals surface area contributed by atoms with Crippen molar-refractivity contribution in [2.75, 3.05) is 6.61 Å². The Morgan fingerprint density at radius 2 is 1.55 bits per heavy atom. The predicted octanol–water partition coefficient (Wildman–Crippen LogP) is 4.51. The Labute approximate surface area is 174 Å². The van der Waals surface area contributed by atoms with E-state index in [4.69, 9.17) is 9.47 Å². The van der Waals surface area contributed by atoms with Gasteiger partial charge in [-0.2, -0.15) is 13.2 Å². The van der Waals surface area contributed by atoms with Crippen molar-refractivity contribution in [3.63, 3.8) is 0 Å². The van der Waals surface area contributed by atoms with Gasteiger partial charge >= 0.3 is 12.1 Å². The molecule has 1 aliphatic carbocycles. The van der Waals surface area contributed by atoms with Crippen molar-refractivity contribution in [2.45, 2.75) is 19.0 Å². The average Bonchev–Trinajstić information content (AvgIpc) is 2.76. The van der Waals surface area contributed by atoms with E-state index in [2.05, 4.69) is 0 Å². The van der Waals surface area contributed by atoms with Crippen molar-refractivity contribution in [1.29, 1.82) is 0 Å². The van der Waals surface area contributed by atoms with Gasteiger partial charge in [-0.15, -0.1) is 0 Å². The zero-order valence-electron chi connectivity index (χ0n) is 16.2. The lowest BCUT2D eigenvalue weighted by atomic mass is 9.74. The summed E-state index contributed by atoms with van der Waals surface area (Å²) in [7, 11) is 0. The topological polar surface area (TPSA) is 69.7 Å². The van der Waals surface area contributed by atoms with Gasteiger partial charge in [-0.05, 0) is 12.5 Å². The number of halogens is 3. The Hall–Kier alpha value is -3.68. The lowest BCUT2D eigenvalue weighted by Crippen LogP contribution is -2.36. The molecule has 0 amide bonds. The fourth-order valence-corrected chi connectivity index (χ4v) is 3.78. The molecule has 1 unspecified atom stereocenters. The van der Waals surface area contributed by atoms with Crippen LogP contribution in [0.25, 0.3) is 0 Å². The molecule has 4 rings (SSSR count). The van der Waals surface area contributed by atoms with Crippen LogP contribution in [0.4, 0.5) is 13.2 Å². The van der Waals surface area contributed by atoms with E-state index in [1.165, 1.54) is 37.3 Å². The highest BCUT2D eigenvalue weighted by Gasteiger charge is 2.52. The summed E-state index contributed by atoms with van der Waals surface area (Å²) in [6, 6.07) is 13.5. The van der Waals surface area contributed by atoms with Crippen LogP contribution in [-0.4, -0.2) is 30.3 Å². The van der Waals surface area contributed by atoms with Crippen LogP contribution in [0.2, 0.25) is 0 Å². The highest BCUT2D eigenvalue weighted by Crippen LogP contribution is 2.48. The highest BCUT2D eigenvalue weighted by molar-refractivity contribution is 6.27. The van der Waals surface area contributed by atoms with E-state index in [1.54, 1.807) is 24.3 Å². The quantitative estimate of drug-likeness (QED) is 0.673. The standard InChI is InChI=1S/C23H15F3O5/c1-2-30-22(29)17-15(12-8-4-3-5-9-12)16-18(27)13-10-6-7-11-14(13)19(28)20(16)31-21(17)23(24,25)26/h3-11,15H,2H2,1H3. The highest BCUT2D eigenvalue weighted by atomic mass is 19.4. The Kier molecular flexibility index (Phi) is 5.00. The van der Waals surface area contributed by atoms with Crippen LogP contribution in [0.15, 0.2) is 77.3 Å². The minimum absolute atomic E-state index is 0.0365. The van der Waals surface area contributed by atoms with Gasteiger partial charge in [0.2, 0.25) is 11.5 Å². The zero-order chi connectivity index (χ0) is 22.3. The number of ether oxygens (including phenoxy) is 2. The molecule has 0 aromatic heterocycles. The number of ketones is 2. The summed E-state index contributed by atoms with van der Waals surface area (Å²) in [6.07, 6.45) is -5.10. The second-order valence-corrected chi connectivity index (χ2v) is 6.85. The second kappa shape index (κ2) is 7.54. The number of hydrogen-bond donors (Lipinski definition) is 0. The number of fused-ring (bicyclic) bond motifs is 1. The van der Waals surface area contributed by atoms with Gasteiger partial charge in [-0.3, -0.25) is 9.59 Å². The van der Waals surface area contributed by atoms with Crippen LogP contribution in [-0.2, 0) is 14.3 Å². The Morgan fingerprint density at radius 3 is 2.13 bits per heavy atom. The first-order valence-electron chi connectivity index (χ1n) is 9.39. The number of carbonyl (C=O) groups excluding carboxylic acids is 3. The molecule has 1 atom stereocenters. The molecule has 0 saturated heterocycles. The monoisotopic (exact) mass is 428 g/mol. The molecule has 0 bridgehead atoms. The fraction of sp³-hybridized carbons (Fsp3) is 0.174. The maximum absolute atomic E-state index is 14.0. The molecule has 2 aromatic rings. The maximum Gasteiger partial charge on any atom is 0.450 e. The molecule has 0 saturated carbocycles. The average molecular weight is 428 g/mol. The van der Waals surface area contributed by atoms with Crippen LogP contribution in [0.1, 0.15) is 39.1 Å². The number of hydrogen-bond acceptors (Lipinski definition) is 5. The Balaban J connectivity index is 2.03. The van der Waals surface area contributed by atoms with Gasteiger partial charge in [0.05, 0.1) is 23.7 Å². The van der Waals surface area contributed by atoms with Gasteiger partial charge in [0.25, 0.3) is 0 Å². The summed E-state index contributed by atoms with van der Waals surface area (Å²) >= 11 is 0. The number of rotatable bonds is 3. The third kappa shape index (κ3) is 3.34. The maximum atomic E-state index is 14.0. The molecule has 158 valence electrons. The van der Waals surface area contributed by atoms with E-state index in [0.29, 0.717) is 0 Å². The lowest BCUT2D eigenvalue weighted by Gasteiger charge is -2.33. The second-order valence-electron chi connectivity index (χ2n) is 6.85. The smallest absolute Gasteiger partial charge is 0.450 e. The normalized spacial score (nSPS) is 18.4. The zero-order valence-corrected chi connectivity index (χ0v) is 16.2. The van der Waals surface area contributed by atoms with Crippen molar-refractivity contribution in [3.8, 4) is 0 Å². The van der Waals surface area contributed by atoms with Gasteiger partial charge in [0.1, 0.15) is 0 Å². The summed E-state index contributed by atoms with van der Waals surface area (Å²) in [5, 5.41) is 0. The summed E-state index contributed by atoms with van der Waals surface area (Å²) in [4.78, 5) is 39.0. The molecule has 1 heterocycles. The number of carbonyl (C=O) groups is 3. The van der Waals surface area contributed by atoms with Gasteiger partial charge in [-0.25, -0.2) is 4.79 Å². The molecular weight excluding hydrogens is 413 g/mol. The van der Waals surface area contributed by atoms with Crippen molar-refractivity contribution in [2.24, 2.45) is 0 Å². The minimum atomic E-state index is -5.10. The minimum Gasteiger partial charge on any atom is -0.463 e. The number of allylic oxidation sites excluding steroid dienone is 3. The third-order valence-electron chi connectivity index (χ3n) is 5.02. The third-order valence-corrected chi connectivity index (χ3v) is 5.02. The largest absolute Gasteiger partial charge is 0.463 e. The van der Waals surface area contributed by atoms with Gasteiger partial charge in [-0.1, -0.05) is 54.6 Å². The summed E-state index contributed by atoms with van der Waals surface area (Å²) < 4.78 is 51.7. The van der Waals surface area contributed by atoms with Crippen LogP contribution in [0.3, 0.4) is 0 Å². The molecule has 0 radical (unpaired) electrons. The van der Waals surface area contributed by atoms with Gasteiger partial charge < -0.3 is 9.47 Å². The Bertz CT molecular complexity index is 1160. The molecule has 0 N–H and O–H groups in total. The van der Waals surface area contributed by atoms with Crippen LogP contribution in [0, 0.1) is 0 Å². The molecule has 8 heteroatoms. The van der Waals surface area contributed by atoms with E-state index in [0.717, 1.165) is 0 Å². The summed E-state index contributed by atoms with van der Waals surface area (Å²) in [6.45, 7) is 1.26. The van der Waals surface area contributed by atoms with Crippen molar-refractivity contribution < 1.29 is 37.0 Å². The van der Waals surface area contributed by atoms with E-state index in [-0.39, 0.29) is 28.9 Å². The first-order chi connectivity index (χ1) is 14.8. The molecule has 5 nitrogen and oxygen atoms in total. The van der Waals surface area contributed by atoms with E-state index < -0.39 is 46.7 Å². The predicted molar refractivity (Wildman–Crippen MR) is 102 cm³/mol. The summed E-state index contributed by atoms with van der Waals surface area (Å²) in [5.74, 6) is -6.66. The molecule has 2 aromatic carbocycles. The number of benzene rings is 2. The van der Waals surface area contributed by atoms with Crippen LogP contribution >= 0.6 is 0 Å². The van der Waals surface area contributed by atoms with E-state index in [1.807, 2.05) is 0 Å². The molecular formula is C23H15F3O5. The lowest BCUT2D eigenvalue weighted by molar-refractivity contribution is -0.144. The molecule has 31 heavy (non-hydrogen) atoms. The molecule has 0 fully saturated rings. The van der Waals surface area contributed by atoms with Crippen molar-refractivity contribution in [1.82, 2.24) is 0 Å². The molecule has 2 aliphatic rings. The van der Waals surface area contributed by atoms with E-state index >= 15 is 0 Å². The first-order valence-corrected chi connectivity index (χ1v) is 9.39. The number of alkyl halides is 3.